The number of amides is 4. The minimum Gasteiger partial charge on any atom is -0.320 e. The summed E-state index contributed by atoms with van der Waals surface area (Å²) >= 11 is 0. The first-order valence-electron chi connectivity index (χ1n) is 13.3. The zero-order valence-electron chi connectivity index (χ0n) is 21.9. The third kappa shape index (κ3) is 4.66. The fraction of sp³-hybridized carbons (Fsp3) is 0.152. The van der Waals surface area contributed by atoms with Crippen LogP contribution >= 0.6 is 0 Å². The smallest absolute Gasteiger partial charge is 0.320 e. The van der Waals surface area contributed by atoms with E-state index in [1.807, 2.05) is 125 Å². The number of carbonyl (C=O) groups is 2. The molecule has 0 N–H and O–H groups in total. The Balaban J connectivity index is 1.25. The molecule has 0 aromatic heterocycles. The highest BCUT2D eigenvalue weighted by Crippen LogP contribution is 2.37. The van der Waals surface area contributed by atoms with Crippen LogP contribution in [0, 0.1) is 6.92 Å². The average molecular weight is 515 g/mol. The van der Waals surface area contributed by atoms with Crippen LogP contribution in [0.3, 0.4) is 0 Å². The highest BCUT2D eigenvalue weighted by Gasteiger charge is 2.33. The Labute approximate surface area is 229 Å². The molecule has 4 aromatic rings. The van der Waals surface area contributed by atoms with Crippen molar-refractivity contribution in [1.82, 2.24) is 9.80 Å². The van der Waals surface area contributed by atoms with Crippen LogP contribution in [-0.2, 0) is 0 Å². The second-order valence-corrected chi connectivity index (χ2v) is 9.78. The van der Waals surface area contributed by atoms with Gasteiger partial charge in [-0.15, -0.1) is 0 Å². The van der Waals surface area contributed by atoms with E-state index in [1.54, 1.807) is 4.90 Å². The molecule has 2 aliphatic rings. The minimum atomic E-state index is -0.0859. The molecule has 0 bridgehead atoms. The molecule has 6 rings (SSSR count). The molecule has 2 aliphatic heterocycles. The predicted molar refractivity (Wildman–Crippen MR) is 158 cm³/mol. The van der Waals surface area contributed by atoms with Gasteiger partial charge in [0.15, 0.2) is 0 Å². The molecule has 1 saturated heterocycles. The molecule has 6 heteroatoms. The number of para-hydroxylation sites is 4. The Morgan fingerprint density at radius 2 is 1.13 bits per heavy atom. The summed E-state index contributed by atoms with van der Waals surface area (Å²) in [7, 11) is 0. The largest absolute Gasteiger partial charge is 0.329 e. The summed E-state index contributed by atoms with van der Waals surface area (Å²) in [6, 6.07) is 33.4. The molecule has 0 unspecified atom stereocenters. The number of rotatable bonds is 2. The number of carbonyl (C=O) groups excluding carboxylic acids is 2. The van der Waals surface area contributed by atoms with Gasteiger partial charge in [0.1, 0.15) is 0 Å². The number of hydrogen-bond donors (Lipinski definition) is 0. The summed E-state index contributed by atoms with van der Waals surface area (Å²) in [6.45, 7) is 3.83. The number of fused-ring (bicyclic) bond motifs is 2. The van der Waals surface area contributed by atoms with Crippen molar-refractivity contribution in [2.75, 3.05) is 36.0 Å². The lowest BCUT2D eigenvalue weighted by Gasteiger charge is -2.39. The molecule has 0 spiro atoms. The van der Waals surface area contributed by atoms with E-state index < -0.39 is 0 Å². The van der Waals surface area contributed by atoms with Crippen molar-refractivity contribution in [2.45, 2.75) is 6.92 Å². The van der Waals surface area contributed by atoms with E-state index in [1.165, 1.54) is 0 Å². The van der Waals surface area contributed by atoms with Gasteiger partial charge in [0.05, 0.1) is 22.7 Å². The molecule has 0 saturated carbocycles. The molecule has 4 aromatic carbocycles. The van der Waals surface area contributed by atoms with Crippen LogP contribution in [0.25, 0.3) is 12.2 Å². The van der Waals surface area contributed by atoms with E-state index in [0.29, 0.717) is 26.2 Å². The zero-order valence-corrected chi connectivity index (χ0v) is 21.9. The molecule has 1 fully saturated rings. The van der Waals surface area contributed by atoms with Crippen LogP contribution in [0.5, 0.6) is 0 Å². The second-order valence-electron chi connectivity index (χ2n) is 9.78. The highest BCUT2D eigenvalue weighted by atomic mass is 16.2. The van der Waals surface area contributed by atoms with Gasteiger partial charge in [-0.05, 0) is 53.9 Å². The fourth-order valence-corrected chi connectivity index (χ4v) is 5.30. The van der Waals surface area contributed by atoms with E-state index in [0.717, 1.165) is 39.4 Å². The van der Waals surface area contributed by atoms with Gasteiger partial charge in [0, 0.05) is 26.2 Å². The number of urea groups is 2. The van der Waals surface area contributed by atoms with Gasteiger partial charge >= 0.3 is 12.1 Å². The van der Waals surface area contributed by atoms with Gasteiger partial charge in [0.2, 0.25) is 0 Å². The standard InChI is InChI=1S/C33H30N4O2/c1-25-11-5-8-16-29(25)36(28-14-3-2-4-15-28)32(38)34-21-23-35(24-22-34)33(39)37-30-17-9-6-12-26(30)19-20-27-13-7-10-18-31(27)37/h2-20H,21-24H2,1H3. The summed E-state index contributed by atoms with van der Waals surface area (Å²) < 4.78 is 0. The molecule has 4 amide bonds. The second kappa shape index (κ2) is 10.5. The first-order valence-corrected chi connectivity index (χ1v) is 13.3. The number of piperazine rings is 1. The predicted octanol–water partition coefficient (Wildman–Crippen LogP) is 7.31. The van der Waals surface area contributed by atoms with Crippen LogP contribution in [0.2, 0.25) is 0 Å². The highest BCUT2D eigenvalue weighted by molar-refractivity contribution is 6.06. The van der Waals surface area contributed by atoms with Crippen LogP contribution in [0.15, 0.2) is 103 Å². The van der Waals surface area contributed by atoms with Crippen LogP contribution < -0.4 is 9.80 Å². The molecule has 0 atom stereocenters. The minimum absolute atomic E-state index is 0.0791. The lowest BCUT2D eigenvalue weighted by atomic mass is 10.1. The first kappa shape index (κ1) is 24.5. The normalized spacial score (nSPS) is 14.3. The number of anilines is 4. The van der Waals surface area contributed by atoms with Gasteiger partial charge < -0.3 is 9.80 Å². The van der Waals surface area contributed by atoms with Crippen molar-refractivity contribution in [1.29, 1.82) is 0 Å². The quantitative estimate of drug-likeness (QED) is 0.282. The summed E-state index contributed by atoms with van der Waals surface area (Å²) in [6.07, 6.45) is 4.11. The van der Waals surface area contributed by atoms with E-state index in [4.69, 9.17) is 0 Å². The number of benzene rings is 4. The average Bonchev–Trinajstić information content (AvgIpc) is 3.15. The van der Waals surface area contributed by atoms with Crippen LogP contribution in [0.4, 0.5) is 32.3 Å². The van der Waals surface area contributed by atoms with E-state index in [2.05, 4.69) is 12.2 Å². The maximum absolute atomic E-state index is 14.0. The van der Waals surface area contributed by atoms with Crippen molar-refractivity contribution in [2.24, 2.45) is 0 Å². The monoisotopic (exact) mass is 514 g/mol. The Hall–Kier alpha value is -4.84. The molecule has 0 aliphatic carbocycles. The zero-order chi connectivity index (χ0) is 26.8. The van der Waals surface area contributed by atoms with Gasteiger partial charge in [-0.1, -0.05) is 84.9 Å². The first-order chi connectivity index (χ1) is 19.1. The van der Waals surface area contributed by atoms with Gasteiger partial charge in [-0.25, -0.2) is 9.59 Å². The molecule has 2 heterocycles. The third-order valence-corrected chi connectivity index (χ3v) is 7.37. The lowest BCUT2D eigenvalue weighted by molar-refractivity contribution is 0.152. The van der Waals surface area contributed by atoms with Crippen molar-refractivity contribution in [3.63, 3.8) is 0 Å². The molecule has 194 valence electrons. The topological polar surface area (TPSA) is 47.1 Å². The molecule has 39 heavy (non-hydrogen) atoms. The van der Waals surface area contributed by atoms with E-state index in [9.17, 15) is 9.59 Å². The maximum Gasteiger partial charge on any atom is 0.329 e. The van der Waals surface area contributed by atoms with Crippen molar-refractivity contribution < 1.29 is 9.59 Å². The number of hydrogen-bond acceptors (Lipinski definition) is 2. The summed E-state index contributed by atoms with van der Waals surface area (Å²) in [5.74, 6) is 0. The molecule has 0 radical (unpaired) electrons. The Morgan fingerprint density at radius 3 is 1.74 bits per heavy atom. The Kier molecular flexibility index (Phi) is 6.59. The van der Waals surface area contributed by atoms with Crippen molar-refractivity contribution >= 4 is 47.0 Å². The van der Waals surface area contributed by atoms with E-state index >= 15 is 0 Å². The third-order valence-electron chi connectivity index (χ3n) is 7.37. The Morgan fingerprint density at radius 1 is 0.615 bits per heavy atom. The van der Waals surface area contributed by atoms with Gasteiger partial charge in [-0.3, -0.25) is 9.80 Å². The van der Waals surface area contributed by atoms with Crippen molar-refractivity contribution in [3.8, 4) is 0 Å². The van der Waals surface area contributed by atoms with E-state index in [-0.39, 0.29) is 12.1 Å². The summed E-state index contributed by atoms with van der Waals surface area (Å²) in [5.41, 5.74) is 6.41. The fourth-order valence-electron chi connectivity index (χ4n) is 5.30. The van der Waals surface area contributed by atoms with Crippen LogP contribution in [-0.4, -0.2) is 48.0 Å². The van der Waals surface area contributed by atoms with Crippen LogP contribution in [0.1, 0.15) is 16.7 Å². The lowest BCUT2D eigenvalue weighted by Crippen LogP contribution is -2.55. The van der Waals surface area contributed by atoms with Gasteiger partial charge in [-0.2, -0.15) is 0 Å². The van der Waals surface area contributed by atoms with Gasteiger partial charge in [0.25, 0.3) is 0 Å². The molecular weight excluding hydrogens is 484 g/mol. The van der Waals surface area contributed by atoms with Crippen molar-refractivity contribution in [3.05, 3.63) is 120 Å². The summed E-state index contributed by atoms with van der Waals surface area (Å²) in [5, 5.41) is 0. The molecule has 6 nitrogen and oxygen atoms in total. The maximum atomic E-state index is 14.0. The molecular formula is C33H30N4O2. The SMILES string of the molecule is Cc1ccccc1N(C(=O)N1CCN(C(=O)N2c3ccccc3C=Cc3ccccc32)CC1)c1ccccc1. The summed E-state index contributed by atoms with van der Waals surface area (Å²) in [4.78, 5) is 35.3. The number of aryl methyl sites for hydroxylation is 1. The number of nitrogens with zero attached hydrogens (tertiary/aromatic N) is 4. The Bertz CT molecular complexity index is 1490.